The summed E-state index contributed by atoms with van der Waals surface area (Å²) in [6.07, 6.45) is 1.86. The largest absolute Gasteiger partial charge is 0.326 e. The molecule has 1 aromatic heterocycles. The van der Waals surface area contributed by atoms with Crippen molar-refractivity contribution in [3.8, 4) is 0 Å². The number of nitrogens with two attached hydrogens (primary N) is 1. The van der Waals surface area contributed by atoms with Gasteiger partial charge in [0.1, 0.15) is 0 Å². The summed E-state index contributed by atoms with van der Waals surface area (Å²) in [7, 11) is 0. The third kappa shape index (κ3) is 3.00. The lowest BCUT2D eigenvalue weighted by molar-refractivity contribution is 0.140. The molecule has 94 valence electrons. The second-order valence-corrected chi connectivity index (χ2v) is 5.87. The maximum Gasteiger partial charge on any atom is 0.0673 e. The van der Waals surface area contributed by atoms with Crippen molar-refractivity contribution in [2.24, 2.45) is 5.73 Å². The zero-order chi connectivity index (χ0) is 12.3. The summed E-state index contributed by atoms with van der Waals surface area (Å²) in [6.45, 7) is 5.47. The number of hydrogen-bond donors (Lipinski definition) is 1. The maximum absolute atomic E-state index is 6.17. The monoisotopic (exact) mass is 251 g/mol. The minimum Gasteiger partial charge on any atom is -0.326 e. The third-order valence-corrected chi connectivity index (χ3v) is 4.45. The minimum atomic E-state index is 0.107. The van der Waals surface area contributed by atoms with Gasteiger partial charge in [0.15, 0.2) is 0 Å². The van der Waals surface area contributed by atoms with Crippen molar-refractivity contribution in [3.63, 3.8) is 0 Å². The Kier molecular flexibility index (Phi) is 4.42. The van der Waals surface area contributed by atoms with Crippen LogP contribution in [-0.2, 0) is 0 Å². The predicted molar refractivity (Wildman–Crippen MR) is 74.1 cm³/mol. The number of aromatic nitrogens is 1. The van der Waals surface area contributed by atoms with E-state index >= 15 is 0 Å². The summed E-state index contributed by atoms with van der Waals surface area (Å²) in [5.74, 6) is 2.39. The zero-order valence-electron chi connectivity index (χ0n) is 10.5. The number of thioether (sulfide) groups is 1. The van der Waals surface area contributed by atoms with E-state index < -0.39 is 0 Å². The molecule has 0 radical (unpaired) electrons. The molecule has 3 unspecified atom stereocenters. The molecule has 1 saturated heterocycles. The van der Waals surface area contributed by atoms with Gasteiger partial charge < -0.3 is 5.73 Å². The Bertz CT molecular complexity index is 342. The molecule has 0 amide bonds. The molecular weight excluding hydrogens is 230 g/mol. The Hall–Kier alpha value is -0.580. The summed E-state index contributed by atoms with van der Waals surface area (Å²) >= 11 is 2.03. The van der Waals surface area contributed by atoms with Crippen molar-refractivity contribution >= 4 is 11.8 Å². The molecule has 2 rings (SSSR count). The first-order valence-electron chi connectivity index (χ1n) is 6.20. The van der Waals surface area contributed by atoms with Crippen LogP contribution >= 0.6 is 11.8 Å². The van der Waals surface area contributed by atoms with Crippen molar-refractivity contribution < 1.29 is 0 Å². The first-order chi connectivity index (χ1) is 8.20. The van der Waals surface area contributed by atoms with Gasteiger partial charge in [-0.05, 0) is 26.0 Å². The molecule has 0 aliphatic carbocycles. The van der Waals surface area contributed by atoms with Crippen LogP contribution in [0.1, 0.15) is 25.6 Å². The van der Waals surface area contributed by atoms with Crippen molar-refractivity contribution in [2.75, 3.05) is 18.1 Å². The first-order valence-corrected chi connectivity index (χ1v) is 7.35. The Morgan fingerprint density at radius 1 is 1.53 bits per heavy atom. The van der Waals surface area contributed by atoms with Crippen LogP contribution < -0.4 is 5.73 Å². The summed E-state index contributed by atoms with van der Waals surface area (Å²) < 4.78 is 0. The normalized spacial score (nSPS) is 25.5. The van der Waals surface area contributed by atoms with Crippen molar-refractivity contribution in [1.82, 2.24) is 9.88 Å². The van der Waals surface area contributed by atoms with Crippen LogP contribution in [0.2, 0.25) is 0 Å². The second kappa shape index (κ2) is 5.85. The zero-order valence-corrected chi connectivity index (χ0v) is 11.4. The molecule has 2 N–H and O–H groups in total. The molecule has 1 aliphatic rings. The van der Waals surface area contributed by atoms with E-state index in [9.17, 15) is 0 Å². The molecule has 3 nitrogen and oxygen atoms in total. The van der Waals surface area contributed by atoms with Gasteiger partial charge in [0.2, 0.25) is 0 Å². The topological polar surface area (TPSA) is 42.1 Å². The van der Waals surface area contributed by atoms with Gasteiger partial charge in [-0.15, -0.1) is 0 Å². The van der Waals surface area contributed by atoms with E-state index in [1.54, 1.807) is 0 Å². The fourth-order valence-corrected chi connectivity index (χ4v) is 3.48. The number of pyridine rings is 1. The Morgan fingerprint density at radius 3 is 2.94 bits per heavy atom. The van der Waals surface area contributed by atoms with Gasteiger partial charge in [0, 0.05) is 36.3 Å². The van der Waals surface area contributed by atoms with Crippen LogP contribution in [0.15, 0.2) is 24.4 Å². The highest BCUT2D eigenvalue weighted by atomic mass is 32.2. The molecule has 17 heavy (non-hydrogen) atoms. The molecule has 0 bridgehead atoms. The highest BCUT2D eigenvalue weighted by Crippen LogP contribution is 2.28. The molecule has 1 aliphatic heterocycles. The van der Waals surface area contributed by atoms with Gasteiger partial charge in [-0.3, -0.25) is 9.88 Å². The number of nitrogens with zero attached hydrogens (tertiary/aromatic N) is 2. The molecule has 1 fully saturated rings. The summed E-state index contributed by atoms with van der Waals surface area (Å²) in [5.41, 5.74) is 7.27. The lowest BCUT2D eigenvalue weighted by atomic mass is 10.0. The van der Waals surface area contributed by atoms with E-state index in [1.165, 1.54) is 11.5 Å². The van der Waals surface area contributed by atoms with Gasteiger partial charge in [0.25, 0.3) is 0 Å². The SMILES string of the molecule is CC(N)C(c1ccccn1)N1CCSCC1C. The molecule has 0 saturated carbocycles. The fourth-order valence-electron chi connectivity index (χ4n) is 2.45. The van der Waals surface area contributed by atoms with E-state index in [-0.39, 0.29) is 12.1 Å². The molecule has 0 aromatic carbocycles. The van der Waals surface area contributed by atoms with Crippen LogP contribution in [0.5, 0.6) is 0 Å². The van der Waals surface area contributed by atoms with E-state index in [0.29, 0.717) is 6.04 Å². The maximum atomic E-state index is 6.17. The van der Waals surface area contributed by atoms with E-state index in [2.05, 4.69) is 29.8 Å². The Morgan fingerprint density at radius 2 is 2.35 bits per heavy atom. The van der Waals surface area contributed by atoms with E-state index in [1.807, 2.05) is 30.1 Å². The molecule has 3 atom stereocenters. The average molecular weight is 251 g/mol. The molecule has 1 aromatic rings. The van der Waals surface area contributed by atoms with Crippen molar-refractivity contribution in [2.45, 2.75) is 32.0 Å². The van der Waals surface area contributed by atoms with Gasteiger partial charge in [-0.25, -0.2) is 0 Å². The molecule has 0 spiro atoms. The van der Waals surface area contributed by atoms with E-state index in [0.717, 1.165) is 12.2 Å². The minimum absolute atomic E-state index is 0.107. The van der Waals surface area contributed by atoms with Crippen molar-refractivity contribution in [3.05, 3.63) is 30.1 Å². The lowest BCUT2D eigenvalue weighted by Gasteiger charge is -2.40. The summed E-state index contributed by atoms with van der Waals surface area (Å²) in [6, 6.07) is 7.01. The highest BCUT2D eigenvalue weighted by Gasteiger charge is 2.30. The molecule has 4 heteroatoms. The predicted octanol–water partition coefficient (Wildman–Crippen LogP) is 1.91. The second-order valence-electron chi connectivity index (χ2n) is 4.72. The Labute approximate surface area is 108 Å². The van der Waals surface area contributed by atoms with E-state index in [4.69, 9.17) is 5.73 Å². The van der Waals surface area contributed by atoms with Crippen LogP contribution in [0.3, 0.4) is 0 Å². The summed E-state index contributed by atoms with van der Waals surface area (Å²) in [4.78, 5) is 6.98. The molecule has 2 heterocycles. The van der Waals surface area contributed by atoms with Gasteiger partial charge in [-0.2, -0.15) is 11.8 Å². The average Bonchev–Trinajstić information content (AvgIpc) is 2.33. The quantitative estimate of drug-likeness (QED) is 0.891. The van der Waals surface area contributed by atoms with Gasteiger partial charge in [-0.1, -0.05) is 6.07 Å². The molecular formula is C13H21N3S. The van der Waals surface area contributed by atoms with Crippen LogP contribution in [0.4, 0.5) is 0 Å². The van der Waals surface area contributed by atoms with Gasteiger partial charge in [0.05, 0.1) is 11.7 Å². The van der Waals surface area contributed by atoms with Crippen LogP contribution in [-0.4, -0.2) is 40.0 Å². The first kappa shape index (κ1) is 12.9. The standard InChI is InChI=1S/C13H21N3S/c1-10-9-17-8-7-16(10)13(11(2)14)12-5-3-4-6-15-12/h3-6,10-11,13H,7-9,14H2,1-2H3. The highest BCUT2D eigenvalue weighted by molar-refractivity contribution is 7.99. The lowest BCUT2D eigenvalue weighted by Crippen LogP contribution is -2.48. The third-order valence-electron chi connectivity index (χ3n) is 3.27. The number of rotatable bonds is 3. The smallest absolute Gasteiger partial charge is 0.0673 e. The Balaban J connectivity index is 2.22. The fraction of sp³-hybridized carbons (Fsp3) is 0.615. The van der Waals surface area contributed by atoms with Crippen LogP contribution in [0, 0.1) is 0 Å². The number of hydrogen-bond acceptors (Lipinski definition) is 4. The summed E-state index contributed by atoms with van der Waals surface area (Å²) in [5, 5.41) is 0. The van der Waals surface area contributed by atoms with Gasteiger partial charge >= 0.3 is 0 Å². The van der Waals surface area contributed by atoms with Crippen molar-refractivity contribution in [1.29, 1.82) is 0 Å². The van der Waals surface area contributed by atoms with Crippen LogP contribution in [0.25, 0.3) is 0 Å².